The molecule has 0 N–H and O–H groups in total. The topological polar surface area (TPSA) is 22.1 Å². The Morgan fingerprint density at radius 1 is 0.700 bits per heavy atom. The molecule has 0 bridgehead atoms. The van der Waals surface area contributed by atoms with Crippen molar-refractivity contribution in [3.8, 4) is 0 Å². The summed E-state index contributed by atoms with van der Waals surface area (Å²) in [6, 6.07) is 24.0. The monoisotopic (exact) mass is 400 g/mol. The summed E-state index contributed by atoms with van der Waals surface area (Å²) in [5, 5.41) is 0. The first kappa shape index (κ1) is 18.7. The summed E-state index contributed by atoms with van der Waals surface area (Å²) in [5.74, 6) is -0.142. The number of hydrogen-bond donors (Lipinski definition) is 0. The van der Waals surface area contributed by atoms with Gasteiger partial charge in [0.25, 0.3) is 0 Å². The van der Waals surface area contributed by atoms with Crippen LogP contribution in [0.5, 0.6) is 0 Å². The van der Waals surface area contributed by atoms with Gasteiger partial charge in [0.2, 0.25) is 0 Å². The molecule has 5 heteroatoms. The molecule has 2 aliphatic heterocycles. The Morgan fingerprint density at radius 2 is 1.30 bits per heavy atom. The van der Waals surface area contributed by atoms with E-state index >= 15 is 0 Å². The zero-order chi connectivity index (χ0) is 20.3. The number of aliphatic imine (C=N–C) groups is 1. The first-order valence-corrected chi connectivity index (χ1v) is 10.5. The minimum Gasteiger partial charge on any atom is -0.368 e. The fourth-order valence-corrected chi connectivity index (χ4v) is 4.38. The minimum absolute atomic E-state index is 0.142. The minimum atomic E-state index is -0.142. The zero-order valence-electron chi connectivity index (χ0n) is 16.9. The average molecular weight is 401 g/mol. The third-order valence-corrected chi connectivity index (χ3v) is 5.92. The van der Waals surface area contributed by atoms with Crippen molar-refractivity contribution in [1.82, 2.24) is 0 Å². The molecule has 0 radical (unpaired) electrons. The lowest BCUT2D eigenvalue weighted by atomic mass is 10.1. The van der Waals surface area contributed by atoms with Crippen LogP contribution in [0.4, 0.5) is 27.1 Å². The highest BCUT2D eigenvalue weighted by Gasteiger charge is 2.22. The summed E-state index contributed by atoms with van der Waals surface area (Å²) in [7, 11) is 0. The number of nitrogens with zero attached hydrogens (tertiary/aromatic N) is 4. The second-order valence-electron chi connectivity index (χ2n) is 7.74. The molecule has 5 rings (SSSR count). The van der Waals surface area contributed by atoms with Gasteiger partial charge < -0.3 is 14.7 Å². The average Bonchev–Trinajstić information content (AvgIpc) is 2.80. The third-order valence-electron chi connectivity index (χ3n) is 5.92. The van der Waals surface area contributed by atoms with Gasteiger partial charge in [0.15, 0.2) is 0 Å². The van der Waals surface area contributed by atoms with E-state index < -0.39 is 0 Å². The van der Waals surface area contributed by atoms with E-state index in [0.29, 0.717) is 5.69 Å². The van der Waals surface area contributed by atoms with Gasteiger partial charge in [0, 0.05) is 44.6 Å². The van der Waals surface area contributed by atoms with E-state index in [9.17, 15) is 4.39 Å². The van der Waals surface area contributed by atoms with Crippen LogP contribution in [0.3, 0.4) is 0 Å². The van der Waals surface area contributed by atoms with Gasteiger partial charge in [-0.25, -0.2) is 4.39 Å². The Morgan fingerprint density at radius 3 is 2.07 bits per heavy atom. The molecule has 1 saturated heterocycles. The summed E-state index contributed by atoms with van der Waals surface area (Å²) in [5.41, 5.74) is 5.49. The lowest BCUT2D eigenvalue weighted by Crippen LogP contribution is -2.47. The molecule has 2 aliphatic rings. The summed E-state index contributed by atoms with van der Waals surface area (Å²) in [6.07, 6.45) is 1.98. The highest BCUT2D eigenvalue weighted by Crippen LogP contribution is 2.33. The number of anilines is 3. The van der Waals surface area contributed by atoms with E-state index in [4.69, 9.17) is 0 Å². The van der Waals surface area contributed by atoms with Crippen molar-refractivity contribution in [1.29, 1.82) is 0 Å². The number of halogens is 1. The van der Waals surface area contributed by atoms with Crippen LogP contribution < -0.4 is 14.7 Å². The molecule has 0 aromatic heterocycles. The van der Waals surface area contributed by atoms with Crippen molar-refractivity contribution in [3.05, 3.63) is 84.2 Å². The van der Waals surface area contributed by atoms with Gasteiger partial charge in [-0.1, -0.05) is 42.5 Å². The fraction of sp³-hybridized carbons (Fsp3) is 0.240. The molecule has 1 fully saturated rings. The molecule has 0 spiro atoms. The summed E-state index contributed by atoms with van der Waals surface area (Å²) in [6.45, 7) is 5.04. The number of para-hydroxylation sites is 4. The van der Waals surface area contributed by atoms with Crippen molar-refractivity contribution in [2.24, 2.45) is 4.99 Å². The summed E-state index contributed by atoms with van der Waals surface area (Å²) >= 11 is 0. The maximum atomic E-state index is 14.2. The molecule has 0 amide bonds. The van der Waals surface area contributed by atoms with Crippen molar-refractivity contribution in [2.45, 2.75) is 6.54 Å². The van der Waals surface area contributed by atoms with Gasteiger partial charge in [0.1, 0.15) is 5.82 Å². The van der Waals surface area contributed by atoms with Crippen molar-refractivity contribution < 1.29 is 4.39 Å². The van der Waals surface area contributed by atoms with Gasteiger partial charge >= 0.3 is 0 Å². The quantitative estimate of drug-likeness (QED) is 0.624. The van der Waals surface area contributed by atoms with Crippen LogP contribution in [0, 0.1) is 5.82 Å². The summed E-state index contributed by atoms with van der Waals surface area (Å²) in [4.78, 5) is 11.5. The lowest BCUT2D eigenvalue weighted by Gasteiger charge is -2.39. The van der Waals surface area contributed by atoms with Crippen LogP contribution in [0.15, 0.2) is 77.8 Å². The number of piperazine rings is 1. The molecule has 0 unspecified atom stereocenters. The first-order chi connectivity index (χ1) is 14.8. The maximum absolute atomic E-state index is 14.2. The number of fused-ring (bicyclic) bond motifs is 1. The zero-order valence-corrected chi connectivity index (χ0v) is 16.9. The predicted molar refractivity (Wildman–Crippen MR) is 123 cm³/mol. The second-order valence-corrected chi connectivity index (χ2v) is 7.74. The number of rotatable bonds is 4. The van der Waals surface area contributed by atoms with Crippen LogP contribution in [0.1, 0.15) is 5.56 Å². The molecule has 3 aromatic carbocycles. The smallest absolute Gasteiger partial charge is 0.146 e. The Labute approximate surface area is 176 Å². The van der Waals surface area contributed by atoms with Gasteiger partial charge in [-0.3, -0.25) is 4.99 Å². The van der Waals surface area contributed by atoms with E-state index in [2.05, 4.69) is 62.2 Å². The predicted octanol–water partition coefficient (Wildman–Crippen LogP) is 4.87. The molecular formula is C25H25FN4. The molecule has 4 nitrogen and oxygen atoms in total. The molecule has 0 saturated carbocycles. The highest BCUT2D eigenvalue weighted by atomic mass is 19.1. The molecular weight excluding hydrogens is 375 g/mol. The number of hydrogen-bond acceptors (Lipinski definition) is 4. The van der Waals surface area contributed by atoms with E-state index in [1.54, 1.807) is 6.07 Å². The standard InChI is InChI=1S/C25H25FN4/c26-21-8-2-5-11-24(21)29-17-15-28(16-18-29)23-10-4-1-7-20(23)19-30-14-13-27-22-9-3-6-12-25(22)30/h1-13H,14-19H2. The van der Waals surface area contributed by atoms with Gasteiger partial charge in [-0.15, -0.1) is 0 Å². The van der Waals surface area contributed by atoms with Gasteiger partial charge in [-0.2, -0.15) is 0 Å². The van der Waals surface area contributed by atoms with Crippen LogP contribution in [-0.2, 0) is 6.54 Å². The van der Waals surface area contributed by atoms with E-state index in [-0.39, 0.29) is 5.82 Å². The second kappa shape index (κ2) is 8.19. The molecule has 0 atom stereocenters. The van der Waals surface area contributed by atoms with Crippen molar-refractivity contribution in [2.75, 3.05) is 47.4 Å². The fourth-order valence-electron chi connectivity index (χ4n) is 4.38. The molecule has 3 aromatic rings. The van der Waals surface area contributed by atoms with E-state index in [0.717, 1.165) is 45.0 Å². The van der Waals surface area contributed by atoms with Crippen LogP contribution >= 0.6 is 0 Å². The van der Waals surface area contributed by atoms with E-state index in [1.165, 1.54) is 23.0 Å². The molecule has 30 heavy (non-hydrogen) atoms. The maximum Gasteiger partial charge on any atom is 0.146 e. The lowest BCUT2D eigenvalue weighted by molar-refractivity contribution is 0.597. The van der Waals surface area contributed by atoms with Crippen molar-refractivity contribution in [3.63, 3.8) is 0 Å². The normalized spacial score (nSPS) is 16.0. The van der Waals surface area contributed by atoms with Crippen LogP contribution in [-0.4, -0.2) is 38.9 Å². The van der Waals surface area contributed by atoms with E-state index in [1.807, 2.05) is 24.4 Å². The SMILES string of the molecule is Fc1ccccc1N1CCN(c2ccccc2CN2CC=Nc3ccccc32)CC1. The largest absolute Gasteiger partial charge is 0.368 e. The van der Waals surface area contributed by atoms with Crippen LogP contribution in [0.25, 0.3) is 0 Å². The Balaban J connectivity index is 1.33. The first-order valence-electron chi connectivity index (χ1n) is 10.5. The summed E-state index contributed by atoms with van der Waals surface area (Å²) < 4.78 is 14.2. The Kier molecular flexibility index (Phi) is 5.10. The third kappa shape index (κ3) is 3.63. The number of benzene rings is 3. The Hall–Kier alpha value is -3.34. The highest BCUT2D eigenvalue weighted by molar-refractivity contribution is 5.81. The van der Waals surface area contributed by atoms with Gasteiger partial charge in [0.05, 0.1) is 23.6 Å². The Bertz CT molecular complexity index is 1060. The van der Waals surface area contributed by atoms with Gasteiger partial charge in [-0.05, 0) is 35.9 Å². The molecule has 0 aliphatic carbocycles. The molecule has 2 heterocycles. The molecule has 152 valence electrons. The van der Waals surface area contributed by atoms with Crippen molar-refractivity contribution >= 4 is 29.0 Å². The van der Waals surface area contributed by atoms with Crippen LogP contribution in [0.2, 0.25) is 0 Å².